The fourth-order valence-corrected chi connectivity index (χ4v) is 4.06. The highest BCUT2D eigenvalue weighted by Crippen LogP contribution is 2.39. The number of aromatic nitrogens is 4. The Bertz CT molecular complexity index is 1170. The normalized spacial score (nSPS) is 18.5. The molecule has 0 radical (unpaired) electrons. The molecule has 3 aromatic rings. The minimum absolute atomic E-state index is 0.000319. The molecule has 1 aliphatic rings. The first-order valence-electron chi connectivity index (χ1n) is 9.40. The molecule has 0 bridgehead atoms. The summed E-state index contributed by atoms with van der Waals surface area (Å²) in [5.74, 6) is -0.192. The molecule has 3 heterocycles. The number of nitrogen functional groups attached to an aromatic ring is 1. The number of carbonyl (C=O) groups is 1. The van der Waals surface area contributed by atoms with Crippen molar-refractivity contribution in [1.82, 2.24) is 24.6 Å². The van der Waals surface area contributed by atoms with E-state index in [1.807, 2.05) is 46.8 Å². The topological polar surface area (TPSA) is 119 Å². The maximum Gasteiger partial charge on any atom is 0.280 e. The van der Waals surface area contributed by atoms with Crippen LogP contribution in [-0.2, 0) is 4.84 Å². The number of nitrogens with one attached hydrogen (secondary N) is 1. The van der Waals surface area contributed by atoms with E-state index in [2.05, 4.69) is 15.0 Å². The summed E-state index contributed by atoms with van der Waals surface area (Å²) in [4.78, 5) is 42.3. The molecule has 1 aromatic carbocycles. The standard InChI is InChI=1S/C20H24N6O3/c1-10-6-11(2)14(12(3)7-10)18(28)26-20(4,5)8-13(29-26)25-9-22-15-16(25)23-19(21)24-17(15)27/h6-7,9,13H,8H2,1-5H3,(H3,21,23,24,27). The molecule has 0 spiro atoms. The van der Waals surface area contributed by atoms with Gasteiger partial charge in [0.15, 0.2) is 17.4 Å². The van der Waals surface area contributed by atoms with Gasteiger partial charge in [-0.25, -0.2) is 14.9 Å². The van der Waals surface area contributed by atoms with Crippen LogP contribution in [0.4, 0.5) is 5.95 Å². The molecule has 1 fully saturated rings. The smallest absolute Gasteiger partial charge is 0.280 e. The zero-order chi connectivity index (χ0) is 21.1. The van der Waals surface area contributed by atoms with Crippen LogP contribution in [0.5, 0.6) is 0 Å². The molecule has 9 heteroatoms. The first-order valence-corrected chi connectivity index (χ1v) is 9.40. The number of amides is 1. The maximum atomic E-state index is 13.4. The van der Waals surface area contributed by atoms with Gasteiger partial charge in [-0.1, -0.05) is 17.7 Å². The highest BCUT2D eigenvalue weighted by molar-refractivity contribution is 5.97. The molecule has 1 aliphatic heterocycles. The zero-order valence-corrected chi connectivity index (χ0v) is 17.1. The molecule has 3 N–H and O–H groups in total. The molecule has 1 saturated heterocycles. The number of nitrogens with two attached hydrogens (primary N) is 1. The molecule has 0 aliphatic carbocycles. The summed E-state index contributed by atoms with van der Waals surface area (Å²) in [6.07, 6.45) is 1.45. The number of aromatic amines is 1. The highest BCUT2D eigenvalue weighted by atomic mass is 16.7. The Hall–Kier alpha value is -3.20. The Balaban J connectivity index is 1.73. The summed E-state index contributed by atoms with van der Waals surface area (Å²) >= 11 is 0. The molecule has 4 rings (SSSR count). The number of imidazole rings is 1. The first-order chi connectivity index (χ1) is 13.6. The van der Waals surface area contributed by atoms with E-state index in [1.165, 1.54) is 11.4 Å². The van der Waals surface area contributed by atoms with Crippen LogP contribution >= 0.6 is 0 Å². The second-order valence-electron chi connectivity index (χ2n) is 8.23. The number of benzene rings is 1. The van der Waals surface area contributed by atoms with E-state index in [0.29, 0.717) is 17.6 Å². The maximum absolute atomic E-state index is 13.4. The number of nitrogens with zero attached hydrogens (tertiary/aromatic N) is 4. The molecule has 1 unspecified atom stereocenters. The van der Waals surface area contributed by atoms with Crippen LogP contribution in [0.15, 0.2) is 23.3 Å². The minimum Gasteiger partial charge on any atom is -0.369 e. The first kappa shape index (κ1) is 19.1. The number of hydrogen-bond acceptors (Lipinski definition) is 6. The van der Waals surface area contributed by atoms with Gasteiger partial charge in [-0.3, -0.25) is 19.1 Å². The average molecular weight is 396 g/mol. The van der Waals surface area contributed by atoms with Crippen LogP contribution < -0.4 is 11.3 Å². The van der Waals surface area contributed by atoms with Gasteiger partial charge in [0.2, 0.25) is 5.95 Å². The van der Waals surface area contributed by atoms with E-state index >= 15 is 0 Å². The fourth-order valence-electron chi connectivity index (χ4n) is 4.06. The van der Waals surface area contributed by atoms with Crippen molar-refractivity contribution >= 4 is 23.0 Å². The Kier molecular flexibility index (Phi) is 4.23. The predicted molar refractivity (Wildman–Crippen MR) is 108 cm³/mol. The second-order valence-corrected chi connectivity index (χ2v) is 8.23. The number of aryl methyl sites for hydroxylation is 3. The van der Waals surface area contributed by atoms with E-state index in [0.717, 1.165) is 16.7 Å². The van der Waals surface area contributed by atoms with Crippen LogP contribution in [0, 0.1) is 20.8 Å². The molecule has 1 amide bonds. The number of H-pyrrole nitrogens is 1. The average Bonchev–Trinajstić information content (AvgIpc) is 3.14. The van der Waals surface area contributed by atoms with Gasteiger partial charge in [-0.15, -0.1) is 0 Å². The van der Waals surface area contributed by atoms with E-state index in [-0.39, 0.29) is 17.4 Å². The van der Waals surface area contributed by atoms with Crippen molar-refractivity contribution in [3.63, 3.8) is 0 Å². The monoisotopic (exact) mass is 396 g/mol. The number of anilines is 1. The third-order valence-corrected chi connectivity index (χ3v) is 5.29. The van der Waals surface area contributed by atoms with Crippen molar-refractivity contribution in [3.05, 3.63) is 51.1 Å². The van der Waals surface area contributed by atoms with Crippen molar-refractivity contribution in [2.75, 3.05) is 5.73 Å². The van der Waals surface area contributed by atoms with Gasteiger partial charge in [0, 0.05) is 12.0 Å². The minimum atomic E-state index is -0.575. The molecule has 152 valence electrons. The second kappa shape index (κ2) is 6.41. The zero-order valence-electron chi connectivity index (χ0n) is 17.1. The highest BCUT2D eigenvalue weighted by Gasteiger charge is 2.45. The summed E-state index contributed by atoms with van der Waals surface area (Å²) in [7, 11) is 0. The lowest BCUT2D eigenvalue weighted by atomic mass is 9.96. The SMILES string of the molecule is Cc1cc(C)c(C(=O)N2OC(n3cnc4c(=O)[nH]c(N)nc43)CC2(C)C)c(C)c1. The summed E-state index contributed by atoms with van der Waals surface area (Å²) in [5.41, 5.74) is 8.76. The third kappa shape index (κ3) is 3.07. The summed E-state index contributed by atoms with van der Waals surface area (Å²) < 4.78 is 1.64. The van der Waals surface area contributed by atoms with Crippen LogP contribution in [0.2, 0.25) is 0 Å². The van der Waals surface area contributed by atoms with Crippen molar-refractivity contribution < 1.29 is 9.63 Å². The van der Waals surface area contributed by atoms with E-state index in [9.17, 15) is 9.59 Å². The number of carbonyl (C=O) groups excluding carboxylic acids is 1. The lowest BCUT2D eigenvalue weighted by Gasteiger charge is -2.29. The molecule has 9 nitrogen and oxygen atoms in total. The van der Waals surface area contributed by atoms with Crippen molar-refractivity contribution in [3.8, 4) is 0 Å². The van der Waals surface area contributed by atoms with Gasteiger partial charge < -0.3 is 5.73 Å². The van der Waals surface area contributed by atoms with E-state index in [1.54, 1.807) is 4.57 Å². The van der Waals surface area contributed by atoms with Gasteiger partial charge in [0.1, 0.15) is 0 Å². The lowest BCUT2D eigenvalue weighted by Crippen LogP contribution is -2.42. The molecule has 0 saturated carbocycles. The molecular formula is C20H24N6O3. The third-order valence-electron chi connectivity index (χ3n) is 5.29. The van der Waals surface area contributed by atoms with Crippen molar-refractivity contribution in [1.29, 1.82) is 0 Å². The van der Waals surface area contributed by atoms with Gasteiger partial charge in [0.05, 0.1) is 11.9 Å². The molecule has 29 heavy (non-hydrogen) atoms. The largest absolute Gasteiger partial charge is 0.369 e. The molecule has 2 aromatic heterocycles. The molecule has 1 atom stereocenters. The van der Waals surface area contributed by atoms with E-state index < -0.39 is 17.3 Å². The summed E-state index contributed by atoms with van der Waals surface area (Å²) in [6, 6.07) is 3.98. The lowest BCUT2D eigenvalue weighted by molar-refractivity contribution is -0.161. The number of rotatable bonds is 2. The Morgan fingerprint density at radius 3 is 2.59 bits per heavy atom. The summed E-state index contributed by atoms with van der Waals surface area (Å²) in [5, 5.41) is 1.42. The van der Waals surface area contributed by atoms with Crippen LogP contribution in [0.25, 0.3) is 11.2 Å². The van der Waals surface area contributed by atoms with Gasteiger partial charge in [-0.05, 0) is 45.7 Å². The Morgan fingerprint density at radius 1 is 1.28 bits per heavy atom. The number of hydroxylamine groups is 2. The van der Waals surface area contributed by atoms with E-state index in [4.69, 9.17) is 10.6 Å². The number of fused-ring (bicyclic) bond motifs is 1. The van der Waals surface area contributed by atoms with Gasteiger partial charge in [0.25, 0.3) is 11.5 Å². The van der Waals surface area contributed by atoms with Crippen LogP contribution in [-0.4, -0.2) is 36.0 Å². The molecular weight excluding hydrogens is 372 g/mol. The quantitative estimate of drug-likeness (QED) is 0.686. The van der Waals surface area contributed by atoms with Crippen molar-refractivity contribution in [2.24, 2.45) is 0 Å². The van der Waals surface area contributed by atoms with Crippen LogP contribution in [0.1, 0.15) is 53.5 Å². The van der Waals surface area contributed by atoms with Crippen molar-refractivity contribution in [2.45, 2.75) is 52.8 Å². The summed E-state index contributed by atoms with van der Waals surface area (Å²) in [6.45, 7) is 9.74. The van der Waals surface area contributed by atoms with Gasteiger partial charge in [-0.2, -0.15) is 4.98 Å². The van der Waals surface area contributed by atoms with Gasteiger partial charge >= 0.3 is 0 Å². The van der Waals surface area contributed by atoms with Crippen LogP contribution in [0.3, 0.4) is 0 Å². The Labute approximate surface area is 167 Å². The number of hydrogen-bond donors (Lipinski definition) is 2. The predicted octanol–water partition coefficient (Wildman–Crippen LogP) is 2.38. The Morgan fingerprint density at radius 2 is 1.93 bits per heavy atom. The fraction of sp³-hybridized carbons (Fsp3) is 0.400.